The number of sulfonamides is 1. The molecule has 0 atom stereocenters. The van der Waals surface area contributed by atoms with Crippen LogP contribution < -0.4 is 4.31 Å². The first kappa shape index (κ1) is 22.5. The molecule has 0 bridgehead atoms. The van der Waals surface area contributed by atoms with Gasteiger partial charge in [-0.3, -0.25) is 13.9 Å². The molecule has 0 spiro atoms. The number of imide groups is 1. The summed E-state index contributed by atoms with van der Waals surface area (Å²) in [7, 11) is -3.70. The van der Waals surface area contributed by atoms with Gasteiger partial charge >= 0.3 is 5.97 Å². The van der Waals surface area contributed by atoms with Gasteiger partial charge in [0.1, 0.15) is 0 Å². The summed E-state index contributed by atoms with van der Waals surface area (Å²) in [6, 6.07) is 20.0. The molecule has 2 heterocycles. The summed E-state index contributed by atoms with van der Waals surface area (Å²) in [4.78, 5) is 37.8. The molecule has 2 amide bonds. The van der Waals surface area contributed by atoms with Gasteiger partial charge in [-0.25, -0.2) is 18.1 Å². The predicted octanol–water partition coefficient (Wildman–Crippen LogP) is 3.25. The lowest BCUT2D eigenvalue weighted by Crippen LogP contribution is -2.32. The van der Waals surface area contributed by atoms with Gasteiger partial charge in [0.15, 0.2) is 6.73 Å². The van der Waals surface area contributed by atoms with Crippen molar-refractivity contribution in [3.63, 3.8) is 0 Å². The molecule has 0 aromatic heterocycles. The molecule has 3 aromatic carbocycles. The lowest BCUT2D eigenvalue weighted by molar-refractivity contribution is -0.140. The van der Waals surface area contributed by atoms with Gasteiger partial charge in [-0.15, -0.1) is 0 Å². The topological polar surface area (TPSA) is 101 Å². The zero-order valence-corrected chi connectivity index (χ0v) is 19.3. The Morgan fingerprint density at radius 2 is 1.51 bits per heavy atom. The summed E-state index contributed by atoms with van der Waals surface area (Å²) < 4.78 is 32.7. The molecular weight excluding hydrogens is 468 g/mol. The van der Waals surface area contributed by atoms with Gasteiger partial charge in [0.2, 0.25) is 0 Å². The first-order valence-electron chi connectivity index (χ1n) is 10.9. The van der Waals surface area contributed by atoms with Crippen LogP contribution in [0.25, 0.3) is 6.08 Å². The summed E-state index contributed by atoms with van der Waals surface area (Å²) in [5.74, 6) is -1.77. The van der Waals surface area contributed by atoms with E-state index >= 15 is 0 Å². The number of ether oxygens (including phenoxy) is 1. The molecule has 9 heteroatoms. The van der Waals surface area contributed by atoms with Crippen molar-refractivity contribution in [3.05, 3.63) is 101 Å². The maximum Gasteiger partial charge on any atom is 0.332 e. The van der Waals surface area contributed by atoms with E-state index < -0.39 is 34.5 Å². The molecule has 2 aliphatic rings. The fourth-order valence-electron chi connectivity index (χ4n) is 4.13. The second kappa shape index (κ2) is 8.84. The molecule has 0 aliphatic carbocycles. The van der Waals surface area contributed by atoms with Crippen molar-refractivity contribution in [2.45, 2.75) is 11.3 Å². The summed E-state index contributed by atoms with van der Waals surface area (Å²) in [6.07, 6.45) is 3.28. The van der Waals surface area contributed by atoms with Crippen LogP contribution in [0, 0.1) is 0 Å². The minimum Gasteiger partial charge on any atom is -0.441 e. The van der Waals surface area contributed by atoms with Crippen molar-refractivity contribution in [2.75, 3.05) is 17.6 Å². The number of hydrogen-bond donors (Lipinski definition) is 0. The zero-order chi connectivity index (χ0) is 24.6. The van der Waals surface area contributed by atoms with E-state index in [9.17, 15) is 22.8 Å². The highest BCUT2D eigenvalue weighted by atomic mass is 32.2. The normalized spacial score (nSPS) is 15.0. The van der Waals surface area contributed by atoms with E-state index in [1.807, 2.05) is 18.2 Å². The van der Waals surface area contributed by atoms with E-state index in [-0.39, 0.29) is 16.0 Å². The minimum atomic E-state index is -3.70. The van der Waals surface area contributed by atoms with Crippen LogP contribution in [0.4, 0.5) is 5.69 Å². The average Bonchev–Trinajstić information content (AvgIpc) is 3.42. The van der Waals surface area contributed by atoms with Crippen LogP contribution in [0.15, 0.2) is 83.8 Å². The Labute approximate surface area is 202 Å². The average molecular weight is 489 g/mol. The second-order valence-corrected chi connectivity index (χ2v) is 9.90. The van der Waals surface area contributed by atoms with Crippen molar-refractivity contribution in [3.8, 4) is 0 Å². The third-order valence-corrected chi connectivity index (χ3v) is 7.77. The lowest BCUT2D eigenvalue weighted by Gasteiger charge is -2.19. The van der Waals surface area contributed by atoms with E-state index in [1.54, 1.807) is 42.5 Å². The molecule has 5 rings (SSSR count). The molecule has 8 nitrogen and oxygen atoms in total. The zero-order valence-electron chi connectivity index (χ0n) is 18.5. The Balaban J connectivity index is 1.21. The summed E-state index contributed by atoms with van der Waals surface area (Å²) in [5.41, 5.74) is 2.82. The first-order valence-corrected chi connectivity index (χ1v) is 12.3. The van der Waals surface area contributed by atoms with Gasteiger partial charge in [0, 0.05) is 12.6 Å². The van der Waals surface area contributed by atoms with Gasteiger partial charge in [0.25, 0.3) is 21.8 Å². The number of fused-ring (bicyclic) bond motifs is 2. The van der Waals surface area contributed by atoms with E-state index in [4.69, 9.17) is 4.74 Å². The molecular formula is C26H20N2O6S. The van der Waals surface area contributed by atoms with E-state index in [2.05, 4.69) is 0 Å². The monoisotopic (exact) mass is 488 g/mol. The third kappa shape index (κ3) is 4.10. The molecule has 35 heavy (non-hydrogen) atoms. The smallest absolute Gasteiger partial charge is 0.332 e. The Morgan fingerprint density at radius 1 is 0.886 bits per heavy atom. The van der Waals surface area contributed by atoms with Crippen LogP contribution in [-0.4, -0.2) is 44.4 Å². The number of benzene rings is 3. The summed E-state index contributed by atoms with van der Waals surface area (Å²) >= 11 is 0. The van der Waals surface area contributed by atoms with Gasteiger partial charge in [0.05, 0.1) is 21.7 Å². The number of anilines is 1. The van der Waals surface area contributed by atoms with Crippen LogP contribution in [0.2, 0.25) is 0 Å². The fraction of sp³-hybridized carbons (Fsp3) is 0.115. The van der Waals surface area contributed by atoms with E-state index in [1.165, 1.54) is 22.5 Å². The first-order chi connectivity index (χ1) is 16.9. The van der Waals surface area contributed by atoms with E-state index in [0.29, 0.717) is 24.2 Å². The van der Waals surface area contributed by atoms with Crippen molar-refractivity contribution < 1.29 is 27.5 Å². The van der Waals surface area contributed by atoms with Crippen LogP contribution in [-0.2, 0) is 26.0 Å². The molecule has 0 saturated carbocycles. The van der Waals surface area contributed by atoms with Gasteiger partial charge < -0.3 is 4.74 Å². The highest BCUT2D eigenvalue weighted by molar-refractivity contribution is 7.92. The second-order valence-electron chi connectivity index (χ2n) is 8.03. The van der Waals surface area contributed by atoms with Crippen LogP contribution in [0.3, 0.4) is 0 Å². The standard InChI is InChI=1S/C26H20N2O6S/c29-24(34-17-27-25(30)21-6-2-3-7-22(21)26(27)31)14-11-18-9-12-20(13-10-18)35(32,33)28-16-15-19-5-1-4-8-23(19)28/h1-14H,15-17H2/b14-11+. The van der Waals surface area contributed by atoms with Crippen molar-refractivity contribution in [1.82, 2.24) is 4.90 Å². The number of carbonyl (C=O) groups is 3. The number of nitrogens with zero attached hydrogens (tertiary/aromatic N) is 2. The third-order valence-electron chi connectivity index (χ3n) is 5.94. The molecule has 176 valence electrons. The molecule has 0 unspecified atom stereocenters. The number of para-hydroxylation sites is 1. The van der Waals surface area contributed by atoms with E-state index in [0.717, 1.165) is 16.5 Å². The van der Waals surface area contributed by atoms with Crippen molar-refractivity contribution >= 4 is 39.6 Å². The highest BCUT2D eigenvalue weighted by Gasteiger charge is 2.35. The highest BCUT2D eigenvalue weighted by Crippen LogP contribution is 2.32. The number of amides is 2. The lowest BCUT2D eigenvalue weighted by atomic mass is 10.1. The number of rotatable bonds is 6. The van der Waals surface area contributed by atoms with Crippen LogP contribution >= 0.6 is 0 Å². The number of esters is 1. The Kier molecular flexibility index (Phi) is 5.70. The maximum atomic E-state index is 13.1. The summed E-state index contributed by atoms with van der Waals surface area (Å²) in [5, 5.41) is 0. The minimum absolute atomic E-state index is 0.152. The summed E-state index contributed by atoms with van der Waals surface area (Å²) in [6.45, 7) is -0.105. The van der Waals surface area contributed by atoms with Gasteiger partial charge in [-0.05, 0) is 54.0 Å². The SMILES string of the molecule is O=C(/C=C/c1ccc(S(=O)(=O)N2CCc3ccccc32)cc1)OCN1C(=O)c2ccccc2C1=O. The Hall–Kier alpha value is -4.24. The largest absolute Gasteiger partial charge is 0.441 e. The Morgan fingerprint density at radius 3 is 2.20 bits per heavy atom. The predicted molar refractivity (Wildman–Crippen MR) is 128 cm³/mol. The van der Waals surface area contributed by atoms with Crippen LogP contribution in [0.5, 0.6) is 0 Å². The molecule has 3 aromatic rings. The van der Waals surface area contributed by atoms with Crippen molar-refractivity contribution in [1.29, 1.82) is 0 Å². The molecule has 0 N–H and O–H groups in total. The number of hydrogen-bond acceptors (Lipinski definition) is 6. The maximum absolute atomic E-state index is 13.1. The molecule has 0 saturated heterocycles. The van der Waals surface area contributed by atoms with Crippen molar-refractivity contribution in [2.24, 2.45) is 0 Å². The molecule has 0 fully saturated rings. The Bertz CT molecular complexity index is 1440. The van der Waals surface area contributed by atoms with Gasteiger partial charge in [-0.2, -0.15) is 0 Å². The number of carbonyl (C=O) groups excluding carboxylic acids is 3. The van der Waals surface area contributed by atoms with Crippen LogP contribution in [0.1, 0.15) is 31.8 Å². The quantitative estimate of drug-likeness (QED) is 0.300. The fourth-order valence-corrected chi connectivity index (χ4v) is 5.64. The molecule has 2 aliphatic heterocycles. The van der Waals surface area contributed by atoms with Gasteiger partial charge in [-0.1, -0.05) is 42.5 Å². The molecule has 0 radical (unpaired) electrons.